The van der Waals surface area contributed by atoms with Crippen LogP contribution in [0.25, 0.3) is 10.9 Å². The number of pyridine rings is 1. The molecule has 132 valence electrons. The van der Waals surface area contributed by atoms with Gasteiger partial charge in [0, 0.05) is 11.4 Å². The summed E-state index contributed by atoms with van der Waals surface area (Å²) in [6, 6.07) is 11.6. The lowest BCUT2D eigenvalue weighted by molar-refractivity contribution is 0.0938. The van der Waals surface area contributed by atoms with E-state index in [0.29, 0.717) is 28.7 Å². The van der Waals surface area contributed by atoms with Gasteiger partial charge in [-0.15, -0.1) is 0 Å². The zero-order chi connectivity index (χ0) is 17.8. The van der Waals surface area contributed by atoms with Crippen LogP contribution in [0.4, 0.5) is 0 Å². The van der Waals surface area contributed by atoms with E-state index in [4.69, 9.17) is 12.2 Å². The van der Waals surface area contributed by atoms with Gasteiger partial charge in [-0.3, -0.25) is 15.6 Å². The second-order valence-electron chi connectivity index (χ2n) is 6.82. The van der Waals surface area contributed by atoms with Crippen LogP contribution in [-0.2, 0) is 0 Å². The Labute approximate surface area is 153 Å². The number of hydrogen-bond donors (Lipinski definition) is 3. The van der Waals surface area contributed by atoms with Gasteiger partial charge in [0.1, 0.15) is 5.69 Å². The normalized spacial score (nSPS) is 23.0. The van der Waals surface area contributed by atoms with Crippen LogP contribution in [0.1, 0.15) is 43.6 Å². The van der Waals surface area contributed by atoms with Crippen LogP contribution < -0.4 is 16.2 Å². The van der Waals surface area contributed by atoms with Gasteiger partial charge in [-0.05, 0) is 42.6 Å². The summed E-state index contributed by atoms with van der Waals surface area (Å²) < 4.78 is 0. The maximum Gasteiger partial charge on any atom is 0.288 e. The third kappa shape index (κ3) is 4.25. The molecule has 0 spiro atoms. The Morgan fingerprint density at radius 3 is 2.76 bits per heavy atom. The van der Waals surface area contributed by atoms with Crippen LogP contribution >= 0.6 is 12.2 Å². The van der Waals surface area contributed by atoms with Gasteiger partial charge in [0.2, 0.25) is 0 Å². The Kier molecular flexibility index (Phi) is 5.48. The van der Waals surface area contributed by atoms with Gasteiger partial charge in [-0.1, -0.05) is 51.0 Å². The molecule has 1 aliphatic rings. The average Bonchev–Trinajstić information content (AvgIpc) is 2.63. The molecule has 25 heavy (non-hydrogen) atoms. The third-order valence-corrected chi connectivity index (χ3v) is 5.36. The summed E-state index contributed by atoms with van der Waals surface area (Å²) in [5, 5.41) is 4.77. The first kappa shape index (κ1) is 17.6. The van der Waals surface area contributed by atoms with Crippen LogP contribution in [0.15, 0.2) is 36.4 Å². The first-order valence-electron chi connectivity index (χ1n) is 8.77. The molecule has 6 heteroatoms. The lowest BCUT2D eigenvalue weighted by Crippen LogP contribution is -2.52. The molecule has 5 nitrogen and oxygen atoms in total. The fraction of sp³-hybridized carbons (Fsp3) is 0.421. The number of amides is 1. The second kappa shape index (κ2) is 7.78. The van der Waals surface area contributed by atoms with Crippen molar-refractivity contribution in [2.45, 2.75) is 39.2 Å². The number of nitrogens with one attached hydrogen (secondary N) is 3. The van der Waals surface area contributed by atoms with E-state index in [1.807, 2.05) is 30.3 Å². The quantitative estimate of drug-likeness (QED) is 0.570. The number of nitrogens with zero attached hydrogens (tertiary/aromatic N) is 1. The number of carbonyl (C=O) groups is 1. The Balaban J connectivity index is 1.55. The van der Waals surface area contributed by atoms with Gasteiger partial charge in [-0.25, -0.2) is 4.98 Å². The smallest absolute Gasteiger partial charge is 0.288 e. The molecule has 1 heterocycles. The Bertz CT molecular complexity index is 779. The van der Waals surface area contributed by atoms with E-state index in [2.05, 4.69) is 35.0 Å². The SMILES string of the molecule is C[C@@H]1[C@@H](C)CCC[C@H]1NC(=S)NNC(=O)c1ccc2ccccc2n1. The maximum atomic E-state index is 12.3. The van der Waals surface area contributed by atoms with E-state index in [0.717, 1.165) is 17.3 Å². The molecular weight excluding hydrogens is 332 g/mol. The van der Waals surface area contributed by atoms with Crippen LogP contribution in [-0.4, -0.2) is 22.0 Å². The molecule has 1 aromatic heterocycles. The largest absolute Gasteiger partial charge is 0.358 e. The summed E-state index contributed by atoms with van der Waals surface area (Å²) in [6.07, 6.45) is 3.58. The van der Waals surface area contributed by atoms with Gasteiger partial charge in [0.05, 0.1) is 5.52 Å². The molecule has 3 rings (SSSR count). The van der Waals surface area contributed by atoms with E-state index < -0.39 is 0 Å². The molecular formula is C19H24N4OS. The highest BCUT2D eigenvalue weighted by Crippen LogP contribution is 2.29. The fourth-order valence-electron chi connectivity index (χ4n) is 3.36. The zero-order valence-corrected chi connectivity index (χ0v) is 15.4. The Morgan fingerprint density at radius 1 is 1.12 bits per heavy atom. The van der Waals surface area contributed by atoms with Crippen molar-refractivity contribution in [2.75, 3.05) is 0 Å². The summed E-state index contributed by atoms with van der Waals surface area (Å²) in [6.45, 7) is 4.53. The van der Waals surface area contributed by atoms with Crippen molar-refractivity contribution in [3.63, 3.8) is 0 Å². The molecule has 1 saturated carbocycles. The summed E-state index contributed by atoms with van der Waals surface area (Å²) in [5.74, 6) is 0.941. The van der Waals surface area contributed by atoms with E-state index >= 15 is 0 Å². The number of para-hydroxylation sites is 1. The molecule has 0 bridgehead atoms. The van der Waals surface area contributed by atoms with E-state index in [1.54, 1.807) is 6.07 Å². The number of fused-ring (bicyclic) bond motifs is 1. The topological polar surface area (TPSA) is 66.0 Å². The molecule has 1 fully saturated rings. The van der Waals surface area contributed by atoms with Crippen molar-refractivity contribution < 1.29 is 4.79 Å². The zero-order valence-electron chi connectivity index (χ0n) is 14.6. The standard InChI is InChI=1S/C19H24N4OS/c1-12-6-5-9-15(13(12)2)21-19(25)23-22-18(24)17-11-10-14-7-3-4-8-16(14)20-17/h3-4,7-8,10-13,15H,5-6,9H2,1-2H3,(H,22,24)(H2,21,23,25)/t12-,13+,15+/m0/s1. The number of thiocarbonyl (C=S) groups is 1. The van der Waals surface area contributed by atoms with Gasteiger partial charge >= 0.3 is 0 Å². The van der Waals surface area contributed by atoms with Gasteiger partial charge in [0.15, 0.2) is 5.11 Å². The molecule has 0 saturated heterocycles. The number of rotatable bonds is 2. The van der Waals surface area contributed by atoms with Crippen molar-refractivity contribution in [3.8, 4) is 0 Å². The molecule has 3 N–H and O–H groups in total. The first-order chi connectivity index (χ1) is 12.0. The van der Waals surface area contributed by atoms with Crippen LogP contribution in [0, 0.1) is 11.8 Å². The first-order valence-corrected chi connectivity index (χ1v) is 9.18. The van der Waals surface area contributed by atoms with Crippen LogP contribution in [0.3, 0.4) is 0 Å². The molecule has 0 unspecified atom stereocenters. The Morgan fingerprint density at radius 2 is 1.92 bits per heavy atom. The Hall–Kier alpha value is -2.21. The van der Waals surface area contributed by atoms with Crippen LogP contribution in [0.5, 0.6) is 0 Å². The van der Waals surface area contributed by atoms with E-state index in [1.165, 1.54) is 12.8 Å². The number of carbonyl (C=O) groups excluding carboxylic acids is 1. The second-order valence-corrected chi connectivity index (χ2v) is 7.22. The number of hydrogen-bond acceptors (Lipinski definition) is 3. The summed E-state index contributed by atoms with van der Waals surface area (Å²) in [4.78, 5) is 16.7. The highest BCUT2D eigenvalue weighted by molar-refractivity contribution is 7.80. The predicted molar refractivity (Wildman–Crippen MR) is 104 cm³/mol. The number of aromatic nitrogens is 1. The van der Waals surface area contributed by atoms with Crippen molar-refractivity contribution in [1.82, 2.24) is 21.2 Å². The molecule has 1 aromatic carbocycles. The van der Waals surface area contributed by atoms with Gasteiger partial charge < -0.3 is 5.32 Å². The van der Waals surface area contributed by atoms with Crippen LogP contribution in [0.2, 0.25) is 0 Å². The molecule has 3 atom stereocenters. The highest BCUT2D eigenvalue weighted by Gasteiger charge is 2.27. The molecule has 0 aliphatic heterocycles. The van der Waals surface area contributed by atoms with Crippen molar-refractivity contribution >= 4 is 34.1 Å². The lowest BCUT2D eigenvalue weighted by atomic mass is 9.78. The summed E-state index contributed by atoms with van der Waals surface area (Å²) >= 11 is 5.31. The minimum atomic E-state index is -0.306. The summed E-state index contributed by atoms with van der Waals surface area (Å²) in [7, 11) is 0. The highest BCUT2D eigenvalue weighted by atomic mass is 32.1. The molecule has 1 amide bonds. The van der Waals surface area contributed by atoms with Crippen molar-refractivity contribution in [1.29, 1.82) is 0 Å². The minimum absolute atomic E-state index is 0.306. The molecule has 2 aromatic rings. The maximum absolute atomic E-state index is 12.3. The fourth-order valence-corrected chi connectivity index (χ4v) is 3.56. The third-order valence-electron chi connectivity index (χ3n) is 5.14. The predicted octanol–water partition coefficient (Wildman–Crippen LogP) is 3.17. The molecule has 0 radical (unpaired) electrons. The average molecular weight is 356 g/mol. The summed E-state index contributed by atoms with van der Waals surface area (Å²) in [5.41, 5.74) is 6.56. The van der Waals surface area contributed by atoms with Gasteiger partial charge in [0.25, 0.3) is 5.91 Å². The van der Waals surface area contributed by atoms with E-state index in [-0.39, 0.29) is 5.91 Å². The lowest BCUT2D eigenvalue weighted by Gasteiger charge is -2.35. The number of hydrazine groups is 1. The van der Waals surface area contributed by atoms with Crippen molar-refractivity contribution in [3.05, 3.63) is 42.1 Å². The number of benzene rings is 1. The monoisotopic (exact) mass is 356 g/mol. The van der Waals surface area contributed by atoms with Gasteiger partial charge in [-0.2, -0.15) is 0 Å². The minimum Gasteiger partial charge on any atom is -0.358 e. The molecule has 1 aliphatic carbocycles. The van der Waals surface area contributed by atoms with Crippen molar-refractivity contribution in [2.24, 2.45) is 11.8 Å². The van der Waals surface area contributed by atoms with E-state index in [9.17, 15) is 4.79 Å².